The van der Waals surface area contributed by atoms with Gasteiger partial charge in [0.15, 0.2) is 0 Å². The van der Waals surface area contributed by atoms with Gasteiger partial charge in [-0.15, -0.1) is 11.3 Å². The molecule has 1 aromatic carbocycles. The lowest BCUT2D eigenvalue weighted by molar-refractivity contribution is 0.103. The smallest absolute Gasteiger partial charge is 0.266 e. The number of anilines is 2. The highest BCUT2D eigenvalue weighted by Crippen LogP contribution is 2.37. The van der Waals surface area contributed by atoms with Crippen molar-refractivity contribution in [3.05, 3.63) is 41.0 Å². The van der Waals surface area contributed by atoms with Gasteiger partial charge >= 0.3 is 0 Å². The van der Waals surface area contributed by atoms with Crippen LogP contribution in [-0.4, -0.2) is 35.1 Å². The van der Waals surface area contributed by atoms with Gasteiger partial charge < -0.3 is 15.0 Å². The zero-order chi connectivity index (χ0) is 20.4. The number of amides is 1. The molecule has 2 aromatic heterocycles. The number of carbonyl (C=O) groups excluding carboxylic acids is 1. The van der Waals surface area contributed by atoms with E-state index in [9.17, 15) is 4.79 Å². The van der Waals surface area contributed by atoms with Gasteiger partial charge in [-0.1, -0.05) is 0 Å². The zero-order valence-electron chi connectivity index (χ0n) is 17.1. The Hall–Kier alpha value is -2.67. The second-order valence-corrected chi connectivity index (χ2v) is 8.38. The van der Waals surface area contributed by atoms with Crippen LogP contribution in [0.5, 0.6) is 5.75 Å². The minimum Gasteiger partial charge on any atom is -0.494 e. The summed E-state index contributed by atoms with van der Waals surface area (Å²) in [6.45, 7) is 7.80. The van der Waals surface area contributed by atoms with E-state index in [-0.39, 0.29) is 5.91 Å². The number of aromatic nitrogens is 2. The standard InChI is InChI=1S/C22H26N4O2S/c1-4-28-17-10-8-16(9-11-17)25-21(27)19-15(3)18-20(23-13-24-22(18)29-19)26-12-6-5-7-14(26)2/h8-11,13-14H,4-7,12H2,1-3H3,(H,25,27). The van der Waals surface area contributed by atoms with Crippen LogP contribution in [0, 0.1) is 6.92 Å². The topological polar surface area (TPSA) is 67.3 Å². The highest BCUT2D eigenvalue weighted by molar-refractivity contribution is 7.20. The van der Waals surface area contributed by atoms with Gasteiger partial charge in [0.25, 0.3) is 5.91 Å². The summed E-state index contributed by atoms with van der Waals surface area (Å²) >= 11 is 1.43. The van der Waals surface area contributed by atoms with E-state index in [2.05, 4.69) is 27.1 Å². The molecule has 1 aliphatic heterocycles. The number of hydrogen-bond donors (Lipinski definition) is 1. The fourth-order valence-corrected chi connectivity index (χ4v) is 4.93. The first-order valence-electron chi connectivity index (χ1n) is 10.1. The van der Waals surface area contributed by atoms with Crippen LogP contribution >= 0.6 is 11.3 Å². The summed E-state index contributed by atoms with van der Waals surface area (Å²) in [5.74, 6) is 1.63. The lowest BCUT2D eigenvalue weighted by atomic mass is 10.0. The quantitative estimate of drug-likeness (QED) is 0.639. The largest absolute Gasteiger partial charge is 0.494 e. The molecule has 1 fully saturated rings. The van der Waals surface area contributed by atoms with Crippen molar-refractivity contribution in [2.45, 2.75) is 46.1 Å². The molecule has 1 atom stereocenters. The maximum absolute atomic E-state index is 13.0. The Bertz CT molecular complexity index is 1020. The first-order valence-corrected chi connectivity index (χ1v) is 10.9. The van der Waals surface area contributed by atoms with Crippen molar-refractivity contribution in [1.29, 1.82) is 0 Å². The Morgan fingerprint density at radius 1 is 1.28 bits per heavy atom. The predicted molar refractivity (Wildman–Crippen MR) is 118 cm³/mol. The summed E-state index contributed by atoms with van der Waals surface area (Å²) in [7, 11) is 0. The van der Waals surface area contributed by atoms with E-state index in [1.165, 1.54) is 30.6 Å². The molecule has 3 heterocycles. The second kappa shape index (κ2) is 8.37. The number of aryl methyl sites for hydroxylation is 1. The predicted octanol–water partition coefficient (Wildman–Crippen LogP) is 5.03. The zero-order valence-corrected chi connectivity index (χ0v) is 17.9. The number of nitrogens with one attached hydrogen (secondary N) is 1. The molecule has 0 saturated carbocycles. The van der Waals surface area contributed by atoms with Crippen LogP contribution in [0.3, 0.4) is 0 Å². The summed E-state index contributed by atoms with van der Waals surface area (Å²) in [6, 6.07) is 7.87. The van der Waals surface area contributed by atoms with Crippen LogP contribution in [0.1, 0.15) is 48.3 Å². The van der Waals surface area contributed by atoms with Crippen molar-refractivity contribution < 1.29 is 9.53 Å². The third-order valence-electron chi connectivity index (χ3n) is 5.41. The van der Waals surface area contributed by atoms with E-state index in [1.54, 1.807) is 6.33 Å². The highest BCUT2D eigenvalue weighted by Gasteiger charge is 2.25. The number of rotatable bonds is 5. The van der Waals surface area contributed by atoms with E-state index >= 15 is 0 Å². The van der Waals surface area contributed by atoms with Crippen molar-refractivity contribution in [2.24, 2.45) is 0 Å². The first-order chi connectivity index (χ1) is 14.1. The Kier molecular flexibility index (Phi) is 5.67. The normalized spacial score (nSPS) is 16.8. The van der Waals surface area contributed by atoms with E-state index in [0.29, 0.717) is 17.5 Å². The molecule has 6 nitrogen and oxygen atoms in total. The SMILES string of the molecule is CCOc1ccc(NC(=O)c2sc3ncnc(N4CCCCC4C)c3c2C)cc1. The van der Waals surface area contributed by atoms with Gasteiger partial charge in [0.2, 0.25) is 0 Å². The fourth-order valence-electron chi connectivity index (χ4n) is 3.89. The Morgan fingerprint density at radius 2 is 2.07 bits per heavy atom. The number of piperidine rings is 1. The molecule has 1 unspecified atom stereocenters. The summed E-state index contributed by atoms with van der Waals surface area (Å²) in [5, 5.41) is 3.99. The van der Waals surface area contributed by atoms with Crippen LogP contribution < -0.4 is 15.0 Å². The summed E-state index contributed by atoms with van der Waals surface area (Å²) in [5.41, 5.74) is 1.69. The summed E-state index contributed by atoms with van der Waals surface area (Å²) in [6.07, 6.45) is 5.21. The average molecular weight is 411 g/mol. The molecule has 0 bridgehead atoms. The first kappa shape index (κ1) is 19.6. The monoisotopic (exact) mass is 410 g/mol. The van der Waals surface area contributed by atoms with Crippen molar-refractivity contribution in [3.63, 3.8) is 0 Å². The summed E-state index contributed by atoms with van der Waals surface area (Å²) in [4.78, 5) is 25.9. The van der Waals surface area contributed by atoms with Gasteiger partial charge in [0.05, 0.1) is 16.9 Å². The van der Waals surface area contributed by atoms with Crippen molar-refractivity contribution in [1.82, 2.24) is 9.97 Å². The third-order valence-corrected chi connectivity index (χ3v) is 6.61. The molecule has 1 aliphatic rings. The maximum Gasteiger partial charge on any atom is 0.266 e. The van der Waals surface area contributed by atoms with Gasteiger partial charge in [-0.2, -0.15) is 0 Å². The molecule has 3 aromatic rings. The number of carbonyl (C=O) groups is 1. The Morgan fingerprint density at radius 3 is 2.79 bits per heavy atom. The van der Waals surface area contributed by atoms with E-state index < -0.39 is 0 Å². The number of nitrogens with zero attached hydrogens (tertiary/aromatic N) is 3. The Labute approximate surface area is 174 Å². The van der Waals surface area contributed by atoms with Crippen LogP contribution in [0.2, 0.25) is 0 Å². The van der Waals surface area contributed by atoms with E-state index in [0.717, 1.165) is 39.6 Å². The van der Waals surface area contributed by atoms with Gasteiger partial charge in [0.1, 0.15) is 22.7 Å². The van der Waals surface area contributed by atoms with E-state index in [1.807, 2.05) is 38.1 Å². The minimum absolute atomic E-state index is 0.118. The molecule has 1 saturated heterocycles. The van der Waals surface area contributed by atoms with Crippen LogP contribution in [0.15, 0.2) is 30.6 Å². The molecular weight excluding hydrogens is 384 g/mol. The average Bonchev–Trinajstić information content (AvgIpc) is 3.07. The lowest BCUT2D eigenvalue weighted by Gasteiger charge is -2.34. The number of thiophene rings is 1. The second-order valence-electron chi connectivity index (χ2n) is 7.38. The lowest BCUT2D eigenvalue weighted by Crippen LogP contribution is -2.38. The fraction of sp³-hybridized carbons (Fsp3) is 0.409. The van der Waals surface area contributed by atoms with Crippen molar-refractivity contribution in [3.8, 4) is 5.75 Å². The van der Waals surface area contributed by atoms with Gasteiger partial charge in [0, 0.05) is 18.3 Å². The van der Waals surface area contributed by atoms with Gasteiger partial charge in [-0.3, -0.25) is 4.79 Å². The van der Waals surface area contributed by atoms with Gasteiger partial charge in [-0.25, -0.2) is 9.97 Å². The van der Waals surface area contributed by atoms with Gasteiger partial charge in [-0.05, 0) is 69.9 Å². The number of ether oxygens (including phenoxy) is 1. The van der Waals surface area contributed by atoms with Crippen LogP contribution in [0.25, 0.3) is 10.2 Å². The van der Waals surface area contributed by atoms with E-state index in [4.69, 9.17) is 4.74 Å². The van der Waals surface area contributed by atoms with Crippen molar-refractivity contribution >= 4 is 39.0 Å². The molecule has 0 spiro atoms. The van der Waals surface area contributed by atoms with Crippen molar-refractivity contribution in [2.75, 3.05) is 23.4 Å². The molecular formula is C22H26N4O2S. The molecule has 1 N–H and O–H groups in total. The maximum atomic E-state index is 13.0. The summed E-state index contributed by atoms with van der Waals surface area (Å²) < 4.78 is 5.46. The molecule has 0 aliphatic carbocycles. The molecule has 4 rings (SSSR count). The number of fused-ring (bicyclic) bond motifs is 1. The molecule has 7 heteroatoms. The molecule has 1 amide bonds. The minimum atomic E-state index is -0.118. The molecule has 0 radical (unpaired) electrons. The third kappa shape index (κ3) is 3.92. The van der Waals surface area contributed by atoms with Crippen LogP contribution in [-0.2, 0) is 0 Å². The van der Waals surface area contributed by atoms with Crippen LogP contribution in [0.4, 0.5) is 11.5 Å². The molecule has 29 heavy (non-hydrogen) atoms. The molecule has 152 valence electrons. The highest BCUT2D eigenvalue weighted by atomic mass is 32.1. The number of hydrogen-bond acceptors (Lipinski definition) is 6. The number of benzene rings is 1. The Balaban J connectivity index is 1.63.